The van der Waals surface area contributed by atoms with Crippen molar-refractivity contribution in [2.45, 2.75) is 171 Å². The third kappa shape index (κ3) is 6.77. The van der Waals surface area contributed by atoms with Crippen LogP contribution in [0.4, 0.5) is 0 Å². The number of hydrogen-bond donors (Lipinski definition) is 10. The predicted molar refractivity (Wildman–Crippen MR) is 185 cm³/mol. The lowest BCUT2D eigenvalue weighted by Crippen LogP contribution is -2.67. The normalized spacial score (nSPS) is 54.6. The molecule has 18 heteroatoms. The molecule has 3 heterocycles. The second-order valence-corrected chi connectivity index (χ2v) is 18.4. The molecule has 0 amide bonds. The summed E-state index contributed by atoms with van der Waals surface area (Å²) in [6.07, 6.45) is -20.0. The van der Waals surface area contributed by atoms with Crippen molar-refractivity contribution < 1.29 is 89.1 Å². The van der Waals surface area contributed by atoms with Gasteiger partial charge in [0.05, 0.1) is 25.2 Å². The number of aliphatic hydroxyl groups is 10. The van der Waals surface area contributed by atoms with Gasteiger partial charge in [-0.15, -0.1) is 0 Å². The zero-order chi connectivity index (χ0) is 40.7. The summed E-state index contributed by atoms with van der Waals surface area (Å²) in [6.45, 7) is 3.70. The zero-order valence-corrected chi connectivity index (χ0v) is 32.0. The van der Waals surface area contributed by atoms with E-state index < -0.39 is 123 Å². The van der Waals surface area contributed by atoms with E-state index in [0.717, 1.165) is 32.1 Å². The zero-order valence-electron chi connectivity index (χ0n) is 32.0. The van der Waals surface area contributed by atoms with Crippen molar-refractivity contribution in [1.82, 2.24) is 0 Å². The lowest BCUT2D eigenvalue weighted by molar-refractivity contribution is -0.388. The van der Waals surface area contributed by atoms with Gasteiger partial charge in [-0.1, -0.05) is 20.3 Å². The van der Waals surface area contributed by atoms with Crippen molar-refractivity contribution in [2.75, 3.05) is 19.8 Å². The highest BCUT2D eigenvalue weighted by atomic mass is 16.8. The summed E-state index contributed by atoms with van der Waals surface area (Å²) in [5.41, 5.74) is -1.80. The van der Waals surface area contributed by atoms with Gasteiger partial charge in [0.15, 0.2) is 18.7 Å². The van der Waals surface area contributed by atoms with Crippen molar-refractivity contribution in [3.8, 4) is 0 Å². The van der Waals surface area contributed by atoms with E-state index in [2.05, 4.69) is 13.8 Å². The largest absolute Gasteiger partial charge is 0.432 e. The summed E-state index contributed by atoms with van der Waals surface area (Å²) in [7, 11) is 0. The van der Waals surface area contributed by atoms with Crippen LogP contribution in [0.5, 0.6) is 0 Å². The molecule has 20 unspecified atom stereocenters. The molecule has 18 nitrogen and oxygen atoms in total. The number of carbonyl (C=O) groups excluding carboxylic acids is 2. The molecule has 0 radical (unpaired) electrons. The predicted octanol–water partition coefficient (Wildman–Crippen LogP) is -2.65. The minimum atomic E-state index is -1.96. The number of fused-ring (bicyclic) bond motifs is 3. The number of ketones is 1. The first-order valence-electron chi connectivity index (χ1n) is 20.0. The Labute approximate surface area is 324 Å². The van der Waals surface area contributed by atoms with Crippen LogP contribution in [0.25, 0.3) is 0 Å². The van der Waals surface area contributed by atoms with E-state index in [4.69, 9.17) is 28.4 Å². The molecule has 4 saturated carbocycles. The highest BCUT2D eigenvalue weighted by Crippen LogP contribution is 2.73. The lowest BCUT2D eigenvalue weighted by Gasteiger charge is -2.64. The Morgan fingerprint density at radius 2 is 1.16 bits per heavy atom. The van der Waals surface area contributed by atoms with Crippen molar-refractivity contribution in [1.29, 1.82) is 0 Å². The van der Waals surface area contributed by atoms with Gasteiger partial charge in [-0.2, -0.15) is 0 Å². The maximum Gasteiger partial charge on any atom is 0.314 e. The molecule has 3 aliphatic heterocycles. The van der Waals surface area contributed by atoms with Gasteiger partial charge in [0.2, 0.25) is 6.29 Å². The van der Waals surface area contributed by atoms with Crippen molar-refractivity contribution in [3.63, 3.8) is 0 Å². The van der Waals surface area contributed by atoms with Crippen LogP contribution in [0.15, 0.2) is 0 Å². The van der Waals surface area contributed by atoms with Crippen LogP contribution in [-0.2, 0) is 38.0 Å². The van der Waals surface area contributed by atoms with Gasteiger partial charge >= 0.3 is 5.97 Å². The standard InChI is InChI=1S/C38H60O18/c1-35-9-5-20-36(2)7-4-8-37(3,19(36)6-10-38(20,15-35)11-21(35)42)34(50)56-33-30(55-32-28(49)26(47)23(44)17(13-40)52-32)29(24(45)18(14-41)53-33)54-31-27(48)25(46)22(43)16(12-39)51-31/h16-20,22-33,39-41,43-49H,4-15H2,1-3H3/t16?,17?,18?,19?,20?,22?,23-,24?,25?,26?,27?,28?,29?,30?,31?,32?,33?,35?,36?,37?,38?/m0/s1. The van der Waals surface area contributed by atoms with Gasteiger partial charge in [0.25, 0.3) is 0 Å². The summed E-state index contributed by atoms with van der Waals surface area (Å²) in [6, 6.07) is 0. The molecule has 0 aromatic carbocycles. The average molecular weight is 805 g/mol. The van der Waals surface area contributed by atoms with E-state index in [1.54, 1.807) is 0 Å². The second kappa shape index (κ2) is 15.5. The third-order valence-electron chi connectivity index (χ3n) is 15.1. The molecule has 10 N–H and O–H groups in total. The minimum Gasteiger partial charge on any atom is -0.432 e. The SMILES string of the molecule is CC12CCC3C(CCC4C(C)(C(=O)OC5OC(CO)C(O)C(OC6OC(CO)C(O)C(O)C6O)C5OC5OC(CO)[C@H](O)C(O)C5O)CCCC34C)(CC1=O)C2. The summed E-state index contributed by atoms with van der Waals surface area (Å²) in [5, 5.41) is 105. The molecule has 3 saturated heterocycles. The van der Waals surface area contributed by atoms with Crippen molar-refractivity contribution >= 4 is 11.8 Å². The Bertz CT molecular complexity index is 1450. The monoisotopic (exact) mass is 804 g/mol. The molecule has 0 aromatic rings. The van der Waals surface area contributed by atoms with E-state index in [-0.39, 0.29) is 28.1 Å². The Hall–Kier alpha value is -1.46. The molecular weight excluding hydrogens is 744 g/mol. The van der Waals surface area contributed by atoms with Crippen LogP contribution in [0.3, 0.4) is 0 Å². The molecule has 56 heavy (non-hydrogen) atoms. The number of hydrogen-bond acceptors (Lipinski definition) is 18. The Balaban J connectivity index is 1.20. The molecule has 0 aromatic heterocycles. The van der Waals surface area contributed by atoms with Gasteiger partial charge < -0.3 is 79.5 Å². The average Bonchev–Trinajstić information content (AvgIpc) is 3.35. The van der Waals surface area contributed by atoms with Crippen LogP contribution in [0.1, 0.15) is 78.6 Å². The van der Waals surface area contributed by atoms with Crippen LogP contribution in [0.2, 0.25) is 0 Å². The van der Waals surface area contributed by atoms with E-state index in [1.165, 1.54) is 0 Å². The van der Waals surface area contributed by atoms with Gasteiger partial charge in [-0.3, -0.25) is 9.59 Å². The van der Waals surface area contributed by atoms with E-state index in [1.807, 2.05) is 6.92 Å². The van der Waals surface area contributed by atoms with Crippen LogP contribution < -0.4 is 0 Å². The number of carbonyl (C=O) groups is 2. The van der Waals surface area contributed by atoms with Gasteiger partial charge in [0.1, 0.15) is 72.9 Å². The van der Waals surface area contributed by atoms with Gasteiger partial charge in [0, 0.05) is 11.8 Å². The fourth-order valence-corrected chi connectivity index (χ4v) is 12.1. The molecule has 320 valence electrons. The Kier molecular flexibility index (Phi) is 11.8. The smallest absolute Gasteiger partial charge is 0.314 e. The first-order valence-corrected chi connectivity index (χ1v) is 20.0. The fraction of sp³-hybridized carbons (Fsp3) is 0.947. The number of aliphatic hydroxyl groups excluding tert-OH is 10. The van der Waals surface area contributed by atoms with Crippen LogP contribution >= 0.6 is 0 Å². The van der Waals surface area contributed by atoms with E-state index in [9.17, 15) is 60.7 Å². The maximum atomic E-state index is 14.8. The lowest BCUT2D eigenvalue weighted by atomic mass is 9.40. The molecule has 1 spiro atoms. The topological polar surface area (TPSA) is 292 Å². The van der Waals surface area contributed by atoms with E-state index >= 15 is 0 Å². The van der Waals surface area contributed by atoms with Crippen LogP contribution in [0, 0.1) is 33.5 Å². The number of ether oxygens (including phenoxy) is 6. The summed E-state index contributed by atoms with van der Waals surface area (Å²) in [5.74, 6) is -0.291. The minimum absolute atomic E-state index is 0.117. The van der Waals surface area contributed by atoms with Gasteiger partial charge in [-0.05, 0) is 74.5 Å². The quantitative estimate of drug-likeness (QED) is 0.107. The summed E-state index contributed by atoms with van der Waals surface area (Å²) < 4.78 is 35.3. The molecule has 4 aliphatic carbocycles. The highest BCUT2D eigenvalue weighted by Gasteiger charge is 2.69. The molecular formula is C38H60O18. The Morgan fingerprint density at radius 3 is 1.73 bits per heavy atom. The highest BCUT2D eigenvalue weighted by molar-refractivity contribution is 5.88. The van der Waals surface area contributed by atoms with Crippen molar-refractivity contribution in [3.05, 3.63) is 0 Å². The fourth-order valence-electron chi connectivity index (χ4n) is 12.1. The summed E-state index contributed by atoms with van der Waals surface area (Å²) >= 11 is 0. The molecule has 7 fully saturated rings. The molecule has 7 rings (SSSR count). The first-order chi connectivity index (χ1) is 26.4. The van der Waals surface area contributed by atoms with Gasteiger partial charge in [-0.25, -0.2) is 0 Å². The Morgan fingerprint density at radius 1 is 0.643 bits per heavy atom. The molecule has 2 bridgehead atoms. The van der Waals surface area contributed by atoms with Crippen LogP contribution in [-0.4, -0.2) is 175 Å². The molecule has 21 atom stereocenters. The third-order valence-corrected chi connectivity index (χ3v) is 15.1. The number of Topliss-reactive ketones (excluding diaryl/α,β-unsaturated/α-hetero) is 1. The molecule has 7 aliphatic rings. The van der Waals surface area contributed by atoms with Crippen molar-refractivity contribution in [2.24, 2.45) is 33.5 Å². The number of rotatable bonds is 9. The summed E-state index contributed by atoms with van der Waals surface area (Å²) in [4.78, 5) is 28.0. The second-order valence-electron chi connectivity index (χ2n) is 18.4. The number of esters is 1. The first kappa shape index (κ1) is 42.7. The maximum absolute atomic E-state index is 14.8. The van der Waals surface area contributed by atoms with E-state index in [0.29, 0.717) is 31.5 Å².